The lowest BCUT2D eigenvalue weighted by molar-refractivity contribution is -0.121. The van der Waals surface area contributed by atoms with Crippen LogP contribution in [-0.4, -0.2) is 30.1 Å². The molecule has 0 aliphatic carbocycles. The summed E-state index contributed by atoms with van der Waals surface area (Å²) >= 11 is 0. The minimum absolute atomic E-state index is 0.0379. The minimum atomic E-state index is -0.330. The van der Waals surface area contributed by atoms with E-state index in [1.54, 1.807) is 29.3 Å². The molecule has 2 aromatic rings. The highest BCUT2D eigenvalue weighted by Gasteiger charge is 2.24. The molecule has 1 aliphatic heterocycles. The molecule has 1 unspecified atom stereocenters. The van der Waals surface area contributed by atoms with Crippen LogP contribution in [0.25, 0.3) is 0 Å². The fraction of sp³-hybridized carbons (Fsp3) is 0.316. The van der Waals surface area contributed by atoms with Gasteiger partial charge in [-0.25, -0.2) is 4.79 Å². The molecule has 26 heavy (non-hydrogen) atoms. The van der Waals surface area contributed by atoms with Crippen molar-refractivity contribution >= 4 is 23.3 Å². The number of rotatable bonds is 4. The maximum atomic E-state index is 12.3. The summed E-state index contributed by atoms with van der Waals surface area (Å²) in [5, 5.41) is 5.68. The SMILES string of the molecule is CCN1C(=O)COc2ccc(NC(=O)NC(C)c3ccc(C)nc3)cc21. The Labute approximate surface area is 152 Å². The summed E-state index contributed by atoms with van der Waals surface area (Å²) in [7, 11) is 0. The molecule has 0 bridgehead atoms. The van der Waals surface area contributed by atoms with E-state index in [1.807, 2.05) is 32.9 Å². The standard InChI is InChI=1S/C19H22N4O3/c1-4-23-16-9-15(7-8-17(16)26-11-18(23)24)22-19(25)21-13(3)14-6-5-12(2)20-10-14/h5-10,13H,4,11H2,1-3H3,(H2,21,22,25). The number of pyridine rings is 1. The van der Waals surface area contributed by atoms with Crippen LogP contribution in [0.3, 0.4) is 0 Å². The van der Waals surface area contributed by atoms with Crippen LogP contribution in [0.15, 0.2) is 36.5 Å². The molecule has 0 spiro atoms. The van der Waals surface area contributed by atoms with Crippen molar-refractivity contribution < 1.29 is 14.3 Å². The number of ether oxygens (including phenoxy) is 1. The van der Waals surface area contributed by atoms with Gasteiger partial charge in [0.2, 0.25) is 0 Å². The smallest absolute Gasteiger partial charge is 0.319 e. The van der Waals surface area contributed by atoms with E-state index >= 15 is 0 Å². The van der Waals surface area contributed by atoms with E-state index in [2.05, 4.69) is 15.6 Å². The van der Waals surface area contributed by atoms with E-state index in [-0.39, 0.29) is 24.6 Å². The maximum absolute atomic E-state index is 12.3. The quantitative estimate of drug-likeness (QED) is 0.884. The molecule has 1 aromatic heterocycles. The largest absolute Gasteiger partial charge is 0.482 e. The van der Waals surface area contributed by atoms with Gasteiger partial charge in [0.05, 0.1) is 11.7 Å². The highest BCUT2D eigenvalue weighted by molar-refractivity contribution is 5.99. The summed E-state index contributed by atoms with van der Waals surface area (Å²) in [5.41, 5.74) is 3.11. The second-order valence-corrected chi connectivity index (χ2v) is 6.16. The third-order valence-electron chi connectivity index (χ3n) is 4.26. The molecule has 1 aromatic carbocycles. The number of carbonyl (C=O) groups excluding carboxylic acids is 2. The predicted octanol–water partition coefficient (Wildman–Crippen LogP) is 3.02. The predicted molar refractivity (Wildman–Crippen MR) is 99.5 cm³/mol. The average molecular weight is 354 g/mol. The third kappa shape index (κ3) is 3.77. The summed E-state index contributed by atoms with van der Waals surface area (Å²) in [6.45, 7) is 6.29. The molecule has 0 saturated heterocycles. The summed E-state index contributed by atoms with van der Waals surface area (Å²) in [6, 6.07) is 8.59. The van der Waals surface area contributed by atoms with Gasteiger partial charge in [-0.15, -0.1) is 0 Å². The Kier molecular flexibility index (Phi) is 5.06. The number of hydrogen-bond acceptors (Lipinski definition) is 4. The van der Waals surface area contributed by atoms with Crippen molar-refractivity contribution in [2.45, 2.75) is 26.8 Å². The number of anilines is 2. The van der Waals surface area contributed by atoms with Gasteiger partial charge in [0, 0.05) is 24.1 Å². The normalized spacial score (nSPS) is 14.3. The first-order valence-corrected chi connectivity index (χ1v) is 8.55. The molecule has 2 N–H and O–H groups in total. The molecule has 0 radical (unpaired) electrons. The van der Waals surface area contributed by atoms with Crippen molar-refractivity contribution in [2.24, 2.45) is 0 Å². The van der Waals surface area contributed by atoms with Crippen molar-refractivity contribution in [1.82, 2.24) is 10.3 Å². The second-order valence-electron chi connectivity index (χ2n) is 6.16. The van der Waals surface area contributed by atoms with Crippen LogP contribution >= 0.6 is 0 Å². The van der Waals surface area contributed by atoms with Crippen molar-refractivity contribution in [3.05, 3.63) is 47.8 Å². The van der Waals surface area contributed by atoms with Gasteiger partial charge in [0.1, 0.15) is 5.75 Å². The Morgan fingerprint density at radius 1 is 1.35 bits per heavy atom. The van der Waals surface area contributed by atoms with Crippen LogP contribution in [0.5, 0.6) is 5.75 Å². The monoisotopic (exact) mass is 354 g/mol. The van der Waals surface area contributed by atoms with E-state index in [0.29, 0.717) is 23.7 Å². The van der Waals surface area contributed by atoms with Gasteiger partial charge in [0.25, 0.3) is 5.91 Å². The van der Waals surface area contributed by atoms with Crippen molar-refractivity contribution in [3.63, 3.8) is 0 Å². The van der Waals surface area contributed by atoms with E-state index in [0.717, 1.165) is 11.3 Å². The number of amides is 3. The molecule has 3 rings (SSSR count). The number of carbonyl (C=O) groups is 2. The van der Waals surface area contributed by atoms with Crippen molar-refractivity contribution in [3.8, 4) is 5.75 Å². The van der Waals surface area contributed by atoms with Crippen LogP contribution in [0.2, 0.25) is 0 Å². The lowest BCUT2D eigenvalue weighted by atomic mass is 10.1. The number of nitrogens with one attached hydrogen (secondary N) is 2. The highest BCUT2D eigenvalue weighted by atomic mass is 16.5. The Balaban J connectivity index is 1.69. The molecule has 0 saturated carbocycles. The van der Waals surface area contributed by atoms with Crippen LogP contribution in [0.1, 0.15) is 31.1 Å². The zero-order valence-corrected chi connectivity index (χ0v) is 15.1. The van der Waals surface area contributed by atoms with Crippen molar-refractivity contribution in [1.29, 1.82) is 0 Å². The van der Waals surface area contributed by atoms with E-state index in [9.17, 15) is 9.59 Å². The van der Waals surface area contributed by atoms with Gasteiger partial charge in [-0.05, 0) is 50.6 Å². The first-order valence-electron chi connectivity index (χ1n) is 8.55. The number of aromatic nitrogens is 1. The van der Waals surface area contributed by atoms with Crippen LogP contribution in [0.4, 0.5) is 16.2 Å². The Morgan fingerprint density at radius 3 is 2.85 bits per heavy atom. The lowest BCUT2D eigenvalue weighted by Crippen LogP contribution is -2.38. The fourth-order valence-electron chi connectivity index (χ4n) is 2.81. The fourth-order valence-corrected chi connectivity index (χ4v) is 2.81. The molecule has 1 atom stereocenters. The van der Waals surface area contributed by atoms with Gasteiger partial charge in [-0.2, -0.15) is 0 Å². The van der Waals surface area contributed by atoms with Gasteiger partial charge in [0.15, 0.2) is 6.61 Å². The Morgan fingerprint density at radius 2 is 2.15 bits per heavy atom. The van der Waals surface area contributed by atoms with Gasteiger partial charge >= 0.3 is 6.03 Å². The van der Waals surface area contributed by atoms with E-state index in [4.69, 9.17) is 4.74 Å². The first kappa shape index (κ1) is 17.7. The molecule has 0 fully saturated rings. The zero-order chi connectivity index (χ0) is 18.7. The third-order valence-corrected chi connectivity index (χ3v) is 4.26. The lowest BCUT2D eigenvalue weighted by Gasteiger charge is -2.28. The number of fused-ring (bicyclic) bond motifs is 1. The topological polar surface area (TPSA) is 83.6 Å². The summed E-state index contributed by atoms with van der Waals surface area (Å²) in [4.78, 5) is 30.1. The van der Waals surface area contributed by atoms with Gasteiger partial charge < -0.3 is 20.3 Å². The van der Waals surface area contributed by atoms with Crippen LogP contribution in [-0.2, 0) is 4.79 Å². The second kappa shape index (κ2) is 7.43. The van der Waals surface area contributed by atoms with E-state index in [1.165, 1.54) is 0 Å². The summed E-state index contributed by atoms with van der Waals surface area (Å²) < 4.78 is 5.43. The first-order chi connectivity index (χ1) is 12.5. The number of nitrogens with zero attached hydrogens (tertiary/aromatic N) is 2. The molecular formula is C19H22N4O3. The molecule has 7 heteroatoms. The van der Waals surface area contributed by atoms with Gasteiger partial charge in [-0.1, -0.05) is 6.07 Å². The van der Waals surface area contributed by atoms with Gasteiger partial charge in [-0.3, -0.25) is 9.78 Å². The molecule has 136 valence electrons. The molecule has 1 aliphatic rings. The summed E-state index contributed by atoms with van der Waals surface area (Å²) in [5.74, 6) is 0.540. The number of urea groups is 1. The highest BCUT2D eigenvalue weighted by Crippen LogP contribution is 2.34. The Bertz CT molecular complexity index is 820. The number of hydrogen-bond donors (Lipinski definition) is 2. The van der Waals surface area contributed by atoms with Crippen LogP contribution in [0, 0.1) is 6.92 Å². The minimum Gasteiger partial charge on any atom is -0.482 e. The number of likely N-dealkylation sites (N-methyl/N-ethyl adjacent to an activating group) is 1. The molecule has 7 nitrogen and oxygen atoms in total. The maximum Gasteiger partial charge on any atom is 0.319 e. The number of benzene rings is 1. The average Bonchev–Trinajstić information content (AvgIpc) is 2.62. The molecule has 2 heterocycles. The zero-order valence-electron chi connectivity index (χ0n) is 15.1. The number of aryl methyl sites for hydroxylation is 1. The molecule has 3 amide bonds. The van der Waals surface area contributed by atoms with Crippen LogP contribution < -0.4 is 20.3 Å². The van der Waals surface area contributed by atoms with Crippen molar-refractivity contribution in [2.75, 3.05) is 23.4 Å². The summed E-state index contributed by atoms with van der Waals surface area (Å²) in [6.07, 6.45) is 1.75. The molecular weight excluding hydrogens is 332 g/mol. The Hall–Kier alpha value is -3.09. The van der Waals surface area contributed by atoms with E-state index < -0.39 is 0 Å².